The number of nitrogen functional groups attached to an aromatic ring is 1. The van der Waals surface area contributed by atoms with Crippen molar-refractivity contribution in [3.05, 3.63) is 60.7 Å². The zero-order valence-corrected chi connectivity index (χ0v) is 36.5. The Morgan fingerprint density at radius 1 is 0.968 bits per heavy atom. The van der Waals surface area contributed by atoms with Gasteiger partial charge in [-0.1, -0.05) is 68.1 Å². The average Bonchev–Trinajstić information content (AvgIpc) is 3.76. The maximum atomic E-state index is 12.7. The summed E-state index contributed by atoms with van der Waals surface area (Å²) in [7, 11) is -16.4. The molecule has 10 N–H and O–H groups in total. The van der Waals surface area contributed by atoms with E-state index in [4.69, 9.17) is 19.5 Å². The van der Waals surface area contributed by atoms with Gasteiger partial charge >= 0.3 is 23.5 Å². The smallest absolute Gasteiger partial charge is 0.386 e. The number of aliphatic hydroxyl groups excluding tert-OH is 2. The number of phosphoric ester groups is 3. The summed E-state index contributed by atoms with van der Waals surface area (Å²) in [4.78, 5) is 88.4. The van der Waals surface area contributed by atoms with Crippen LogP contribution in [0, 0.1) is 5.41 Å². The molecule has 0 spiro atoms. The summed E-state index contributed by atoms with van der Waals surface area (Å²) in [6.07, 6.45) is -6.02. The molecular formula is C34H46N7O17P3S. The minimum absolute atomic E-state index is 0.0238. The van der Waals surface area contributed by atoms with Crippen LogP contribution in [0.25, 0.3) is 21.9 Å². The SMILES string of the molecule is CC(C)(COP(=O)(O)OP(=O)(O)OC[C@H]1O[C@@H](n2cnc3c(N)ncnc32)[C@H](O)[C@@H]1OP(=O)(O)O)C(O)C(=O)NCCC(=O)NCCSC(=O)CCc1ccc2ccccc2c1. The van der Waals surface area contributed by atoms with Gasteiger partial charge in [0.15, 0.2) is 22.8 Å². The molecule has 7 atom stereocenters. The lowest BCUT2D eigenvalue weighted by molar-refractivity contribution is -0.137. The number of aromatic nitrogens is 4. The van der Waals surface area contributed by atoms with E-state index in [-0.39, 0.29) is 41.6 Å². The van der Waals surface area contributed by atoms with Gasteiger partial charge in [0.05, 0.1) is 19.5 Å². The summed E-state index contributed by atoms with van der Waals surface area (Å²) in [6, 6.07) is 14.0. The number of hydrogen-bond donors (Lipinski definition) is 9. The first-order valence-corrected chi connectivity index (χ1v) is 24.1. The summed E-state index contributed by atoms with van der Waals surface area (Å²) >= 11 is 1.09. The molecule has 24 nitrogen and oxygen atoms in total. The van der Waals surface area contributed by atoms with Crippen LogP contribution >= 0.6 is 35.2 Å². The van der Waals surface area contributed by atoms with Crippen LogP contribution in [0.15, 0.2) is 55.1 Å². The number of carbonyl (C=O) groups is 3. The second kappa shape index (κ2) is 20.8. The number of anilines is 1. The molecule has 2 aromatic heterocycles. The maximum absolute atomic E-state index is 12.7. The van der Waals surface area contributed by atoms with Gasteiger partial charge in [0.1, 0.15) is 36.3 Å². The molecule has 1 aliphatic heterocycles. The van der Waals surface area contributed by atoms with Crippen molar-refractivity contribution in [2.24, 2.45) is 5.41 Å². The number of thioether (sulfide) groups is 1. The molecule has 0 bridgehead atoms. The molecule has 3 heterocycles. The molecule has 0 radical (unpaired) electrons. The van der Waals surface area contributed by atoms with Crippen molar-refractivity contribution in [2.75, 3.05) is 37.8 Å². The number of aliphatic hydroxyl groups is 2. The Bertz CT molecular complexity index is 2390. The molecule has 4 aromatic rings. The molecule has 0 aliphatic carbocycles. The van der Waals surface area contributed by atoms with Gasteiger partial charge in [0.2, 0.25) is 11.8 Å². The number of rotatable bonds is 22. The Hall–Kier alpha value is -3.74. The molecule has 1 fully saturated rings. The Kier molecular flexibility index (Phi) is 16.6. The van der Waals surface area contributed by atoms with Gasteiger partial charge in [-0.25, -0.2) is 28.6 Å². The lowest BCUT2D eigenvalue weighted by Gasteiger charge is -2.30. The van der Waals surface area contributed by atoms with Crippen molar-refractivity contribution < 1.29 is 80.5 Å². The van der Waals surface area contributed by atoms with Gasteiger partial charge in [-0.05, 0) is 22.8 Å². The highest BCUT2D eigenvalue weighted by Gasteiger charge is 2.50. The van der Waals surface area contributed by atoms with E-state index in [1.54, 1.807) is 0 Å². The molecule has 0 saturated carbocycles. The molecule has 1 saturated heterocycles. The number of fused-ring (bicyclic) bond motifs is 2. The van der Waals surface area contributed by atoms with Gasteiger partial charge in [0, 0.05) is 37.1 Å². The van der Waals surface area contributed by atoms with Crippen LogP contribution in [0.3, 0.4) is 0 Å². The number of nitrogens with zero attached hydrogens (tertiary/aromatic N) is 4. The highest BCUT2D eigenvalue weighted by atomic mass is 32.2. The van der Waals surface area contributed by atoms with E-state index in [1.165, 1.54) is 13.8 Å². The summed E-state index contributed by atoms with van der Waals surface area (Å²) < 4.78 is 62.3. The van der Waals surface area contributed by atoms with E-state index in [0.717, 1.165) is 45.3 Å². The molecule has 62 heavy (non-hydrogen) atoms. The predicted molar refractivity (Wildman–Crippen MR) is 219 cm³/mol. The molecule has 28 heteroatoms. The number of nitrogens with two attached hydrogens (primary N) is 1. The van der Waals surface area contributed by atoms with Crippen molar-refractivity contribution in [3.8, 4) is 0 Å². The Morgan fingerprint density at radius 3 is 2.40 bits per heavy atom. The Morgan fingerprint density at radius 2 is 1.68 bits per heavy atom. The zero-order valence-electron chi connectivity index (χ0n) is 33.0. The zero-order chi connectivity index (χ0) is 45.5. The minimum atomic E-state index is -5.58. The van der Waals surface area contributed by atoms with Crippen molar-refractivity contribution in [1.82, 2.24) is 30.2 Å². The van der Waals surface area contributed by atoms with E-state index in [0.29, 0.717) is 18.6 Å². The van der Waals surface area contributed by atoms with Crippen molar-refractivity contribution in [3.63, 3.8) is 0 Å². The first-order valence-electron chi connectivity index (χ1n) is 18.6. The Balaban J connectivity index is 1.01. The highest BCUT2D eigenvalue weighted by Crippen LogP contribution is 2.61. The van der Waals surface area contributed by atoms with Gasteiger partial charge in [-0.2, -0.15) is 4.31 Å². The first kappa shape index (κ1) is 49.3. The fourth-order valence-electron chi connectivity index (χ4n) is 6.01. The van der Waals surface area contributed by atoms with Crippen LogP contribution in [0.2, 0.25) is 0 Å². The standard InChI is InChI=1S/C34H46N7O17P3S/c1-34(2,29(45)32(46)37-12-11-24(42)36-13-14-62-25(43)10-8-20-7-9-21-5-3-4-6-22(21)15-20)17-55-61(52,53)58-60(50,51)54-16-23-28(57-59(47,48)49)27(44)33(56-23)41-19-40-26-30(35)38-18-39-31(26)41/h3-7,9,15,18-19,23,27-29,33,44-45H,8,10-14,16-17H2,1-2H3,(H,36,42)(H,37,46)(H,50,51)(H,52,53)(H2,35,38,39)(H2,47,48,49)/t23-,27-,28-,29?,33-/m1/s1. The van der Waals surface area contributed by atoms with Crippen LogP contribution < -0.4 is 16.4 Å². The van der Waals surface area contributed by atoms with Crippen molar-refractivity contribution in [2.45, 2.75) is 63.8 Å². The molecule has 2 amide bonds. The molecule has 3 unspecified atom stereocenters. The van der Waals surface area contributed by atoms with E-state index in [2.05, 4.69) is 34.4 Å². The summed E-state index contributed by atoms with van der Waals surface area (Å²) in [5, 5.41) is 28.7. The van der Waals surface area contributed by atoms with Gasteiger partial charge in [0.25, 0.3) is 0 Å². The number of phosphoric acid groups is 3. The Labute approximate surface area is 357 Å². The second-order valence-corrected chi connectivity index (χ2v) is 19.9. The fraction of sp³-hybridized carbons (Fsp3) is 0.471. The number of aryl methyl sites for hydroxylation is 1. The number of carbonyl (C=O) groups excluding carboxylic acids is 3. The summed E-state index contributed by atoms with van der Waals surface area (Å²) in [5.41, 5.74) is 5.31. The quantitative estimate of drug-likeness (QED) is 0.0397. The topological polar surface area (TPSA) is 364 Å². The van der Waals surface area contributed by atoms with Crippen LogP contribution in [-0.2, 0) is 57.1 Å². The van der Waals surface area contributed by atoms with Crippen molar-refractivity contribution >= 4 is 79.9 Å². The third-order valence-corrected chi connectivity index (χ3v) is 13.2. The van der Waals surface area contributed by atoms with Gasteiger partial charge in [-0.3, -0.25) is 32.5 Å². The number of amides is 2. The van der Waals surface area contributed by atoms with Gasteiger partial charge < -0.3 is 50.9 Å². The normalized spacial score (nSPS) is 20.7. The minimum Gasteiger partial charge on any atom is -0.386 e. The number of nitrogens with one attached hydrogen (secondary N) is 2. The van der Waals surface area contributed by atoms with E-state index >= 15 is 0 Å². The lowest BCUT2D eigenvalue weighted by atomic mass is 9.87. The highest BCUT2D eigenvalue weighted by molar-refractivity contribution is 8.13. The number of benzene rings is 2. The van der Waals surface area contributed by atoms with E-state index < -0.39 is 84.6 Å². The summed E-state index contributed by atoms with van der Waals surface area (Å²) in [5.74, 6) is -1.12. The second-order valence-electron chi connectivity index (χ2n) is 14.5. The third-order valence-electron chi connectivity index (χ3n) is 9.20. The number of ether oxygens (including phenoxy) is 1. The third kappa shape index (κ3) is 13.9. The molecule has 2 aromatic carbocycles. The largest absolute Gasteiger partial charge is 0.481 e. The number of imidazole rings is 1. The monoisotopic (exact) mass is 949 g/mol. The molecule has 5 rings (SSSR count). The number of hydrogen-bond acceptors (Lipinski definition) is 18. The molecule has 1 aliphatic rings. The van der Waals surface area contributed by atoms with Crippen LogP contribution in [0.4, 0.5) is 5.82 Å². The van der Waals surface area contributed by atoms with E-state index in [9.17, 15) is 57.9 Å². The van der Waals surface area contributed by atoms with E-state index in [1.807, 2.05) is 42.5 Å². The van der Waals surface area contributed by atoms with Crippen molar-refractivity contribution in [1.29, 1.82) is 0 Å². The average molecular weight is 950 g/mol. The molecular weight excluding hydrogens is 903 g/mol. The van der Waals surface area contributed by atoms with Crippen LogP contribution in [-0.4, -0.2) is 123 Å². The molecule has 340 valence electrons. The summed E-state index contributed by atoms with van der Waals surface area (Å²) in [6.45, 7) is 0.478. The maximum Gasteiger partial charge on any atom is 0.481 e. The fourth-order valence-corrected chi connectivity index (χ4v) is 9.52. The predicted octanol–water partition coefficient (Wildman–Crippen LogP) is 1.45. The van der Waals surface area contributed by atoms with Gasteiger partial charge in [-0.15, -0.1) is 0 Å². The first-order chi connectivity index (χ1) is 29.0. The van der Waals surface area contributed by atoms with Crippen LogP contribution in [0.5, 0.6) is 0 Å². The lowest BCUT2D eigenvalue weighted by Crippen LogP contribution is -2.46. The van der Waals surface area contributed by atoms with Crippen LogP contribution in [0.1, 0.15) is 38.5 Å².